The molecule has 150 valence electrons. The van der Waals surface area contributed by atoms with Gasteiger partial charge in [-0.15, -0.1) is 5.10 Å². The first-order valence-corrected chi connectivity index (χ1v) is 10.6. The highest BCUT2D eigenvalue weighted by Crippen LogP contribution is 2.30. The maximum atomic E-state index is 13.0. The molecule has 4 rings (SSSR count). The van der Waals surface area contributed by atoms with Crippen LogP contribution in [0.25, 0.3) is 0 Å². The van der Waals surface area contributed by atoms with E-state index in [0.717, 1.165) is 30.5 Å². The Bertz CT molecular complexity index is 746. The molecule has 0 radical (unpaired) electrons. The van der Waals surface area contributed by atoms with Gasteiger partial charge >= 0.3 is 0 Å². The molecule has 1 aromatic heterocycles. The van der Waals surface area contributed by atoms with E-state index >= 15 is 0 Å². The van der Waals surface area contributed by atoms with Crippen LogP contribution in [-0.2, 0) is 6.54 Å². The van der Waals surface area contributed by atoms with E-state index in [1.165, 1.54) is 51.6 Å². The van der Waals surface area contributed by atoms with Crippen LogP contribution in [0.2, 0.25) is 0 Å². The Morgan fingerprint density at radius 2 is 1.71 bits per heavy atom. The van der Waals surface area contributed by atoms with Crippen LogP contribution in [0.4, 0.5) is 0 Å². The molecule has 0 unspecified atom stereocenters. The summed E-state index contributed by atoms with van der Waals surface area (Å²) in [5.74, 6) is 0.0490. The van der Waals surface area contributed by atoms with Crippen molar-refractivity contribution in [1.82, 2.24) is 30.4 Å². The van der Waals surface area contributed by atoms with Gasteiger partial charge in [0.05, 0.1) is 12.1 Å². The van der Waals surface area contributed by atoms with Crippen LogP contribution >= 0.6 is 0 Å². The second kappa shape index (κ2) is 8.82. The molecule has 2 fully saturated rings. The van der Waals surface area contributed by atoms with Gasteiger partial charge in [-0.2, -0.15) is 0 Å². The van der Waals surface area contributed by atoms with Crippen molar-refractivity contribution < 1.29 is 4.79 Å². The van der Waals surface area contributed by atoms with Crippen LogP contribution in [0.3, 0.4) is 0 Å². The van der Waals surface area contributed by atoms with E-state index in [4.69, 9.17) is 0 Å². The average Bonchev–Trinajstić information content (AvgIpc) is 3.23. The molecule has 7 nitrogen and oxygen atoms in total. The highest BCUT2D eigenvalue weighted by atomic mass is 16.1. The smallest absolute Gasteiger partial charge is 0.251 e. The van der Waals surface area contributed by atoms with Gasteiger partial charge in [0.2, 0.25) is 0 Å². The zero-order chi connectivity index (χ0) is 19.2. The van der Waals surface area contributed by atoms with Crippen molar-refractivity contribution in [3.8, 4) is 0 Å². The molecule has 0 spiro atoms. The fourth-order valence-electron chi connectivity index (χ4n) is 4.61. The third-order valence-electron chi connectivity index (χ3n) is 6.12. The fourth-order valence-corrected chi connectivity index (χ4v) is 4.61. The summed E-state index contributed by atoms with van der Waals surface area (Å²) in [5.41, 5.74) is 1.73. The quantitative estimate of drug-likeness (QED) is 0.831. The topological polar surface area (TPSA) is 75.9 Å². The molecule has 0 atom stereocenters. The maximum Gasteiger partial charge on any atom is 0.251 e. The van der Waals surface area contributed by atoms with Crippen LogP contribution in [0.5, 0.6) is 0 Å². The number of likely N-dealkylation sites (tertiary alicyclic amines) is 1. The molecular formula is C21H30N6O. The normalized spacial score (nSPS) is 20.0. The number of aromatic nitrogens is 4. The Labute approximate surface area is 166 Å². The van der Waals surface area contributed by atoms with E-state index in [1.54, 1.807) is 11.0 Å². The predicted octanol–water partition coefficient (Wildman–Crippen LogP) is 2.64. The minimum absolute atomic E-state index is 0.0490. The van der Waals surface area contributed by atoms with Crippen molar-refractivity contribution in [3.05, 3.63) is 41.7 Å². The van der Waals surface area contributed by atoms with Crippen LogP contribution in [0.1, 0.15) is 67.3 Å². The number of amides is 1. The monoisotopic (exact) mass is 382 g/mol. The number of nitrogens with zero attached hydrogens (tertiary/aromatic N) is 5. The van der Waals surface area contributed by atoms with Gasteiger partial charge in [0.25, 0.3) is 5.91 Å². The summed E-state index contributed by atoms with van der Waals surface area (Å²) in [6, 6.07) is 7.78. The minimum Gasteiger partial charge on any atom is -0.345 e. The lowest BCUT2D eigenvalue weighted by molar-refractivity contribution is 0.0783. The first-order valence-electron chi connectivity index (χ1n) is 10.6. The summed E-state index contributed by atoms with van der Waals surface area (Å²) >= 11 is 0. The number of hydrogen-bond acceptors (Lipinski definition) is 5. The third kappa shape index (κ3) is 4.76. The zero-order valence-corrected chi connectivity index (χ0v) is 16.5. The van der Waals surface area contributed by atoms with Gasteiger partial charge in [0, 0.05) is 12.1 Å². The van der Waals surface area contributed by atoms with Crippen molar-refractivity contribution in [2.75, 3.05) is 19.6 Å². The molecule has 7 heteroatoms. The van der Waals surface area contributed by atoms with E-state index < -0.39 is 0 Å². The van der Waals surface area contributed by atoms with Gasteiger partial charge in [0.15, 0.2) is 0 Å². The average molecular weight is 383 g/mol. The Hall–Kier alpha value is -2.28. The summed E-state index contributed by atoms with van der Waals surface area (Å²) in [4.78, 5) is 15.6. The molecule has 1 N–H and O–H groups in total. The van der Waals surface area contributed by atoms with Crippen molar-refractivity contribution in [1.29, 1.82) is 0 Å². The van der Waals surface area contributed by atoms with Crippen molar-refractivity contribution in [2.24, 2.45) is 0 Å². The van der Waals surface area contributed by atoms with E-state index in [0.29, 0.717) is 6.54 Å². The number of hydrogen-bond donors (Lipinski definition) is 1. The summed E-state index contributed by atoms with van der Waals surface area (Å²) in [7, 11) is 0. The molecule has 1 saturated carbocycles. The lowest BCUT2D eigenvalue weighted by atomic mass is 9.80. The van der Waals surface area contributed by atoms with E-state index in [9.17, 15) is 4.79 Å². The summed E-state index contributed by atoms with van der Waals surface area (Å²) < 4.78 is 1.67. The van der Waals surface area contributed by atoms with Gasteiger partial charge in [-0.05, 0) is 66.9 Å². The molecule has 0 bridgehead atoms. The molecule has 2 aromatic rings. The van der Waals surface area contributed by atoms with Gasteiger partial charge in [-0.3, -0.25) is 4.79 Å². The molecule has 28 heavy (non-hydrogen) atoms. The van der Waals surface area contributed by atoms with Crippen molar-refractivity contribution in [2.45, 2.75) is 63.5 Å². The largest absolute Gasteiger partial charge is 0.345 e. The van der Waals surface area contributed by atoms with E-state index in [-0.39, 0.29) is 11.4 Å². The number of benzene rings is 1. The minimum atomic E-state index is -0.0717. The Morgan fingerprint density at radius 1 is 1.00 bits per heavy atom. The molecule has 1 amide bonds. The second-order valence-corrected chi connectivity index (χ2v) is 8.34. The molecule has 1 aromatic carbocycles. The maximum absolute atomic E-state index is 13.0. The van der Waals surface area contributed by atoms with Crippen LogP contribution < -0.4 is 5.32 Å². The Balaban J connectivity index is 1.41. The van der Waals surface area contributed by atoms with Crippen LogP contribution in [0.15, 0.2) is 30.6 Å². The zero-order valence-electron chi connectivity index (χ0n) is 16.5. The van der Waals surface area contributed by atoms with Gasteiger partial charge in [-0.1, -0.05) is 37.8 Å². The van der Waals surface area contributed by atoms with Crippen LogP contribution in [0, 0.1) is 0 Å². The van der Waals surface area contributed by atoms with Gasteiger partial charge in [0.1, 0.15) is 6.33 Å². The summed E-state index contributed by atoms with van der Waals surface area (Å²) in [6.07, 6.45) is 11.4. The molecule has 2 aliphatic rings. The van der Waals surface area contributed by atoms with Gasteiger partial charge in [-0.25, -0.2) is 4.68 Å². The standard InChI is InChI=1S/C21H30N6O/c28-20(19-9-7-18(8-10-19)15-27-17-22-24-25-27)23-21(11-3-1-4-12-21)16-26-13-5-2-6-14-26/h7-10,17H,1-6,11-16H2,(H,23,28). The highest BCUT2D eigenvalue weighted by molar-refractivity contribution is 5.94. The Kier molecular flexibility index (Phi) is 6.00. The number of carbonyl (C=O) groups excluding carboxylic acids is 1. The molecule has 1 aliphatic heterocycles. The molecular weight excluding hydrogens is 352 g/mol. The second-order valence-electron chi connectivity index (χ2n) is 8.34. The predicted molar refractivity (Wildman–Crippen MR) is 107 cm³/mol. The summed E-state index contributed by atoms with van der Waals surface area (Å²) in [6.45, 7) is 3.94. The molecule has 2 heterocycles. The fraction of sp³-hybridized carbons (Fsp3) is 0.619. The number of rotatable bonds is 6. The third-order valence-corrected chi connectivity index (χ3v) is 6.12. The van der Waals surface area contributed by atoms with Crippen molar-refractivity contribution in [3.63, 3.8) is 0 Å². The SMILES string of the molecule is O=C(NC1(CN2CCCCC2)CCCCC1)c1ccc(Cn2cnnn2)cc1. The van der Waals surface area contributed by atoms with Crippen LogP contribution in [-0.4, -0.2) is 56.2 Å². The lowest BCUT2D eigenvalue weighted by Crippen LogP contribution is -2.57. The number of piperidine rings is 1. The number of carbonyl (C=O) groups is 1. The molecule has 1 aliphatic carbocycles. The first kappa shape index (κ1) is 19.1. The molecule has 1 saturated heterocycles. The van der Waals surface area contributed by atoms with Gasteiger partial charge < -0.3 is 10.2 Å². The summed E-state index contributed by atoms with van der Waals surface area (Å²) in [5, 5.41) is 14.6. The number of tetrazole rings is 1. The highest BCUT2D eigenvalue weighted by Gasteiger charge is 2.35. The number of nitrogens with one attached hydrogen (secondary N) is 1. The lowest BCUT2D eigenvalue weighted by Gasteiger charge is -2.43. The van der Waals surface area contributed by atoms with Crippen molar-refractivity contribution >= 4 is 5.91 Å². The van der Waals surface area contributed by atoms with E-state index in [1.807, 2.05) is 24.3 Å². The first-order chi connectivity index (χ1) is 13.7. The Morgan fingerprint density at radius 3 is 2.39 bits per heavy atom. The van der Waals surface area contributed by atoms with E-state index in [2.05, 4.69) is 25.7 Å².